The Balaban J connectivity index is 1.99. The van der Waals surface area contributed by atoms with Gasteiger partial charge in [0.05, 0.1) is 5.54 Å². The van der Waals surface area contributed by atoms with Crippen LogP contribution in [-0.2, 0) is 5.54 Å². The summed E-state index contributed by atoms with van der Waals surface area (Å²) in [6.45, 7) is 1.93. The minimum atomic E-state index is -0.737. The molecule has 1 saturated heterocycles. The molecule has 1 fully saturated rings. The van der Waals surface area contributed by atoms with Crippen LogP contribution in [0.4, 0.5) is 4.39 Å². The Morgan fingerprint density at radius 1 is 1.23 bits per heavy atom. The molecular formula is C19H20FN3O3. The topological polar surface area (TPSA) is 65.8 Å². The monoisotopic (exact) mass is 357 g/mol. The summed E-state index contributed by atoms with van der Waals surface area (Å²) in [6, 6.07) is 7.83. The fourth-order valence-corrected chi connectivity index (χ4v) is 4.29. The number of pyridine rings is 1. The lowest BCUT2D eigenvalue weighted by atomic mass is 9.81. The Hall–Kier alpha value is -2.83. The Kier molecular flexibility index (Phi) is 3.57. The van der Waals surface area contributed by atoms with Crippen LogP contribution in [0.25, 0.3) is 0 Å². The average Bonchev–Trinajstić information content (AvgIpc) is 2.62. The lowest BCUT2D eigenvalue weighted by molar-refractivity contribution is 0.0467. The van der Waals surface area contributed by atoms with Gasteiger partial charge >= 0.3 is 0 Å². The molecule has 1 aromatic carbocycles. The Morgan fingerprint density at radius 3 is 2.69 bits per heavy atom. The summed E-state index contributed by atoms with van der Waals surface area (Å²) in [5.41, 5.74) is -0.905. The van der Waals surface area contributed by atoms with Crippen LogP contribution in [0.2, 0.25) is 0 Å². The van der Waals surface area contributed by atoms with Gasteiger partial charge in [0.1, 0.15) is 12.0 Å². The first kappa shape index (κ1) is 16.6. The number of nitrogens with zero attached hydrogens (tertiary/aromatic N) is 3. The van der Waals surface area contributed by atoms with E-state index in [4.69, 9.17) is 0 Å². The number of carbonyl (C=O) groups is 1. The fourth-order valence-electron chi connectivity index (χ4n) is 4.29. The second kappa shape index (κ2) is 5.59. The van der Waals surface area contributed by atoms with Crippen molar-refractivity contribution in [3.8, 4) is 5.75 Å². The lowest BCUT2D eigenvalue weighted by Crippen LogP contribution is -2.68. The number of fused-ring (bicyclic) bond motifs is 3. The molecule has 0 aliphatic carbocycles. The van der Waals surface area contributed by atoms with E-state index in [1.54, 1.807) is 25.2 Å². The van der Waals surface area contributed by atoms with E-state index in [9.17, 15) is 19.1 Å². The summed E-state index contributed by atoms with van der Waals surface area (Å²) in [5.74, 6) is -1.31. The summed E-state index contributed by atoms with van der Waals surface area (Å²) in [4.78, 5) is 26.2. The highest BCUT2D eigenvalue weighted by molar-refractivity contribution is 5.96. The lowest BCUT2D eigenvalue weighted by Gasteiger charge is -2.56. The van der Waals surface area contributed by atoms with Crippen molar-refractivity contribution in [1.82, 2.24) is 9.58 Å². The molecule has 26 heavy (non-hydrogen) atoms. The minimum absolute atomic E-state index is 0.0827. The molecule has 1 aromatic heterocycles. The summed E-state index contributed by atoms with van der Waals surface area (Å²) in [6.07, 6.45) is 3.41. The van der Waals surface area contributed by atoms with Crippen LogP contribution in [0, 0.1) is 5.82 Å². The molecule has 0 radical (unpaired) electrons. The molecule has 4 rings (SSSR count). The van der Waals surface area contributed by atoms with Gasteiger partial charge in [-0.05, 0) is 32.3 Å². The van der Waals surface area contributed by atoms with Gasteiger partial charge in [0.25, 0.3) is 5.91 Å². The van der Waals surface area contributed by atoms with Crippen molar-refractivity contribution in [3.63, 3.8) is 0 Å². The molecule has 1 N–H and O–H groups in total. The molecule has 2 aromatic rings. The van der Waals surface area contributed by atoms with Crippen molar-refractivity contribution >= 4 is 5.91 Å². The first-order valence-corrected chi connectivity index (χ1v) is 8.62. The number of hydrogen-bond acceptors (Lipinski definition) is 4. The third-order valence-electron chi connectivity index (χ3n) is 5.62. The first-order valence-electron chi connectivity index (χ1n) is 8.62. The highest BCUT2D eigenvalue weighted by Gasteiger charge is 2.49. The Labute approximate surface area is 150 Å². The number of aromatic nitrogens is 1. The smallest absolute Gasteiger partial charge is 0.277 e. The molecular weight excluding hydrogens is 337 g/mol. The highest BCUT2D eigenvalue weighted by Crippen LogP contribution is 2.43. The van der Waals surface area contributed by atoms with Crippen molar-refractivity contribution < 1.29 is 14.3 Å². The zero-order valence-electron chi connectivity index (χ0n) is 14.6. The third-order valence-corrected chi connectivity index (χ3v) is 5.62. The van der Waals surface area contributed by atoms with Crippen LogP contribution >= 0.6 is 0 Å². The standard InChI is InChI=1S/C19H20FN3O3/c1-19(12-6-3-4-7-13(12)20)10-5-8-15-21(2)18(26)16-17(25)14(24)9-11-22(16)23(15)19/h3-4,6-7,9,11,15,25H,5,8,10H2,1-2H3. The van der Waals surface area contributed by atoms with E-state index in [1.165, 1.54) is 27.9 Å². The Morgan fingerprint density at radius 2 is 1.96 bits per heavy atom. The molecule has 7 heteroatoms. The zero-order valence-corrected chi connectivity index (χ0v) is 14.6. The molecule has 136 valence electrons. The number of hydrogen-bond donors (Lipinski definition) is 1. The van der Waals surface area contributed by atoms with E-state index < -0.39 is 22.6 Å². The van der Waals surface area contributed by atoms with E-state index in [2.05, 4.69) is 0 Å². The predicted molar refractivity (Wildman–Crippen MR) is 94.1 cm³/mol. The second-order valence-corrected chi connectivity index (χ2v) is 7.11. The highest BCUT2D eigenvalue weighted by atomic mass is 19.1. The molecule has 3 heterocycles. The van der Waals surface area contributed by atoms with Gasteiger partial charge in [-0.25, -0.2) is 4.39 Å². The van der Waals surface area contributed by atoms with Gasteiger partial charge in [-0.15, -0.1) is 0 Å². The molecule has 1 amide bonds. The zero-order chi connectivity index (χ0) is 18.6. The van der Waals surface area contributed by atoms with Crippen LogP contribution in [0.3, 0.4) is 0 Å². The number of carbonyl (C=O) groups excluding carboxylic acids is 1. The number of benzene rings is 1. The second-order valence-electron chi connectivity index (χ2n) is 7.11. The maximum absolute atomic E-state index is 14.7. The molecule has 0 bridgehead atoms. The molecule has 2 aliphatic heterocycles. The maximum Gasteiger partial charge on any atom is 0.277 e. The van der Waals surface area contributed by atoms with Gasteiger partial charge in [-0.1, -0.05) is 18.2 Å². The number of halogens is 1. The molecule has 2 unspecified atom stereocenters. The number of piperidine rings is 1. The number of amides is 1. The molecule has 2 aliphatic rings. The minimum Gasteiger partial charge on any atom is -0.502 e. The van der Waals surface area contributed by atoms with Crippen molar-refractivity contribution in [2.24, 2.45) is 0 Å². The number of rotatable bonds is 1. The van der Waals surface area contributed by atoms with Crippen molar-refractivity contribution in [3.05, 3.63) is 63.8 Å². The van der Waals surface area contributed by atoms with Crippen molar-refractivity contribution in [1.29, 1.82) is 0 Å². The van der Waals surface area contributed by atoms with Crippen LogP contribution in [-0.4, -0.2) is 33.8 Å². The van der Waals surface area contributed by atoms with Crippen LogP contribution in [0.1, 0.15) is 42.2 Å². The number of aromatic hydroxyl groups is 1. The molecule has 0 spiro atoms. The van der Waals surface area contributed by atoms with Crippen molar-refractivity contribution in [2.75, 3.05) is 12.1 Å². The molecule has 0 saturated carbocycles. The van der Waals surface area contributed by atoms with E-state index >= 15 is 0 Å². The summed E-state index contributed by atoms with van der Waals surface area (Å²) in [7, 11) is 1.65. The average molecular weight is 357 g/mol. The SMILES string of the molecule is CN1C(=O)c2c(O)c(=O)ccn2N2C1CCCC2(C)c1ccccc1F. The van der Waals surface area contributed by atoms with E-state index in [0.29, 0.717) is 12.0 Å². The van der Waals surface area contributed by atoms with Crippen LogP contribution in [0.5, 0.6) is 5.75 Å². The van der Waals surface area contributed by atoms with E-state index in [-0.39, 0.29) is 17.7 Å². The quantitative estimate of drug-likeness (QED) is 0.849. The first-order chi connectivity index (χ1) is 12.4. The van der Waals surface area contributed by atoms with Gasteiger partial charge < -0.3 is 10.0 Å². The van der Waals surface area contributed by atoms with Gasteiger partial charge in [0, 0.05) is 24.9 Å². The van der Waals surface area contributed by atoms with E-state index in [1.807, 2.05) is 11.9 Å². The van der Waals surface area contributed by atoms with Gasteiger partial charge in [-0.2, -0.15) is 0 Å². The van der Waals surface area contributed by atoms with Crippen LogP contribution in [0.15, 0.2) is 41.3 Å². The summed E-state index contributed by atoms with van der Waals surface area (Å²) < 4.78 is 16.2. The van der Waals surface area contributed by atoms with Gasteiger partial charge in [0.2, 0.25) is 5.43 Å². The van der Waals surface area contributed by atoms with Gasteiger partial charge in [-0.3, -0.25) is 19.3 Å². The summed E-state index contributed by atoms with van der Waals surface area (Å²) in [5, 5.41) is 12.1. The largest absolute Gasteiger partial charge is 0.502 e. The van der Waals surface area contributed by atoms with Gasteiger partial charge in [0.15, 0.2) is 11.4 Å². The van der Waals surface area contributed by atoms with Crippen molar-refractivity contribution in [2.45, 2.75) is 37.9 Å². The summed E-state index contributed by atoms with van der Waals surface area (Å²) >= 11 is 0. The van der Waals surface area contributed by atoms with Crippen LogP contribution < -0.4 is 10.4 Å². The normalized spacial score (nSPS) is 25.0. The fraction of sp³-hybridized carbons (Fsp3) is 0.368. The third kappa shape index (κ3) is 2.09. The Bertz CT molecular complexity index is 957. The van der Waals surface area contributed by atoms with E-state index in [0.717, 1.165) is 12.8 Å². The maximum atomic E-state index is 14.7. The molecule has 2 atom stereocenters. The molecule has 6 nitrogen and oxygen atoms in total. The predicted octanol–water partition coefficient (Wildman–Crippen LogP) is 2.14.